The van der Waals surface area contributed by atoms with Gasteiger partial charge in [0.25, 0.3) is 0 Å². The number of rotatable bonds is 3. The van der Waals surface area contributed by atoms with Gasteiger partial charge in [-0.2, -0.15) is 13.2 Å². The van der Waals surface area contributed by atoms with Crippen LogP contribution >= 0.6 is 0 Å². The molecule has 61 valence electrons. The van der Waals surface area contributed by atoms with Gasteiger partial charge >= 0.3 is 6.18 Å². The Morgan fingerprint density at radius 3 is 2.20 bits per heavy atom. The highest BCUT2D eigenvalue weighted by molar-refractivity contribution is 4.65. The zero-order valence-corrected chi connectivity index (χ0v) is 6.20. The molecule has 0 bridgehead atoms. The Morgan fingerprint density at radius 2 is 1.90 bits per heavy atom. The summed E-state index contributed by atoms with van der Waals surface area (Å²) < 4.78 is 34.8. The molecule has 0 N–H and O–H groups in total. The smallest absolute Gasteiger partial charge is 0.171 e. The van der Waals surface area contributed by atoms with Crippen LogP contribution in [0.25, 0.3) is 0 Å². The van der Waals surface area contributed by atoms with Crippen molar-refractivity contribution >= 4 is 0 Å². The molecule has 0 aliphatic heterocycles. The first-order valence-electron chi connectivity index (χ1n) is 3.30. The molecule has 0 aromatic carbocycles. The SMILES string of the molecule is C[CH]CC(C)CC(F)(F)F. The molecular formula is C7H12F3. The van der Waals surface area contributed by atoms with E-state index in [1.165, 1.54) is 0 Å². The lowest BCUT2D eigenvalue weighted by Crippen LogP contribution is -2.12. The topological polar surface area (TPSA) is 0 Å². The van der Waals surface area contributed by atoms with Gasteiger partial charge in [0.05, 0.1) is 0 Å². The third-order valence-electron chi connectivity index (χ3n) is 1.22. The van der Waals surface area contributed by atoms with Crippen molar-refractivity contribution in [3.05, 3.63) is 6.42 Å². The zero-order valence-electron chi connectivity index (χ0n) is 6.20. The van der Waals surface area contributed by atoms with Crippen molar-refractivity contribution in [2.24, 2.45) is 5.92 Å². The Kier molecular flexibility index (Phi) is 3.76. The summed E-state index contributed by atoms with van der Waals surface area (Å²) in [6, 6.07) is 0. The van der Waals surface area contributed by atoms with Crippen LogP contribution in [0.3, 0.4) is 0 Å². The minimum atomic E-state index is -4.00. The Balaban J connectivity index is 3.47. The lowest BCUT2D eigenvalue weighted by Gasteiger charge is -2.11. The second-order valence-electron chi connectivity index (χ2n) is 2.57. The fraction of sp³-hybridized carbons (Fsp3) is 0.857. The number of alkyl halides is 3. The van der Waals surface area contributed by atoms with Crippen molar-refractivity contribution < 1.29 is 13.2 Å². The highest BCUT2D eigenvalue weighted by Crippen LogP contribution is 2.26. The second kappa shape index (κ2) is 3.84. The maximum Gasteiger partial charge on any atom is 0.389 e. The Hall–Kier alpha value is -0.210. The molecule has 0 fully saturated rings. The molecule has 0 rings (SSSR count). The molecule has 0 aromatic heterocycles. The van der Waals surface area contributed by atoms with Crippen LogP contribution in [-0.4, -0.2) is 6.18 Å². The molecule has 0 aliphatic carbocycles. The van der Waals surface area contributed by atoms with Gasteiger partial charge in [0, 0.05) is 6.42 Å². The first-order chi connectivity index (χ1) is 4.45. The van der Waals surface area contributed by atoms with E-state index in [2.05, 4.69) is 0 Å². The van der Waals surface area contributed by atoms with Gasteiger partial charge in [0.15, 0.2) is 0 Å². The van der Waals surface area contributed by atoms with Gasteiger partial charge in [-0.25, -0.2) is 0 Å². The largest absolute Gasteiger partial charge is 0.389 e. The summed E-state index contributed by atoms with van der Waals surface area (Å²) >= 11 is 0. The van der Waals surface area contributed by atoms with Crippen molar-refractivity contribution in [3.8, 4) is 0 Å². The summed E-state index contributed by atoms with van der Waals surface area (Å²) in [4.78, 5) is 0. The predicted molar refractivity (Wildman–Crippen MR) is 34.4 cm³/mol. The van der Waals surface area contributed by atoms with E-state index in [4.69, 9.17) is 0 Å². The highest BCUT2D eigenvalue weighted by Gasteiger charge is 2.29. The number of hydrogen-bond acceptors (Lipinski definition) is 0. The molecule has 1 atom stereocenters. The van der Waals surface area contributed by atoms with Gasteiger partial charge in [-0.15, -0.1) is 0 Å². The summed E-state index contributed by atoms with van der Waals surface area (Å²) in [6.45, 7) is 3.38. The highest BCUT2D eigenvalue weighted by atomic mass is 19.4. The minimum absolute atomic E-state index is 0.273. The molecule has 0 saturated carbocycles. The summed E-state index contributed by atoms with van der Waals surface area (Å²) in [7, 11) is 0. The van der Waals surface area contributed by atoms with Gasteiger partial charge in [0.1, 0.15) is 0 Å². The van der Waals surface area contributed by atoms with Crippen LogP contribution in [0.5, 0.6) is 0 Å². The van der Waals surface area contributed by atoms with Gasteiger partial charge in [-0.3, -0.25) is 0 Å². The van der Waals surface area contributed by atoms with E-state index in [1.54, 1.807) is 20.3 Å². The van der Waals surface area contributed by atoms with E-state index in [1.807, 2.05) is 0 Å². The monoisotopic (exact) mass is 153 g/mol. The zero-order chi connectivity index (χ0) is 8.20. The van der Waals surface area contributed by atoms with Crippen molar-refractivity contribution in [1.82, 2.24) is 0 Å². The molecule has 10 heavy (non-hydrogen) atoms. The second-order valence-corrected chi connectivity index (χ2v) is 2.57. The van der Waals surface area contributed by atoms with Crippen molar-refractivity contribution in [2.75, 3.05) is 0 Å². The summed E-state index contributed by atoms with van der Waals surface area (Å²) in [5, 5.41) is 0. The van der Waals surface area contributed by atoms with Crippen molar-refractivity contribution in [3.63, 3.8) is 0 Å². The van der Waals surface area contributed by atoms with Crippen molar-refractivity contribution in [2.45, 2.75) is 32.9 Å². The van der Waals surface area contributed by atoms with E-state index in [9.17, 15) is 13.2 Å². The quantitative estimate of drug-likeness (QED) is 0.584. The number of halogens is 3. The number of hydrogen-bond donors (Lipinski definition) is 0. The van der Waals surface area contributed by atoms with Crippen LogP contribution in [0.1, 0.15) is 26.7 Å². The summed E-state index contributed by atoms with van der Waals surface area (Å²) in [6.07, 6.45) is -2.37. The van der Waals surface area contributed by atoms with E-state index in [-0.39, 0.29) is 5.92 Å². The average molecular weight is 153 g/mol. The lowest BCUT2D eigenvalue weighted by molar-refractivity contribution is -0.143. The summed E-state index contributed by atoms with van der Waals surface area (Å²) in [5.41, 5.74) is 0. The van der Waals surface area contributed by atoms with E-state index < -0.39 is 12.6 Å². The maximum atomic E-state index is 11.6. The molecule has 0 nitrogen and oxygen atoms in total. The van der Waals surface area contributed by atoms with Crippen LogP contribution in [-0.2, 0) is 0 Å². The molecule has 0 aromatic rings. The molecule has 0 aliphatic rings. The molecule has 0 heterocycles. The Morgan fingerprint density at radius 1 is 1.40 bits per heavy atom. The van der Waals surface area contributed by atoms with Crippen LogP contribution in [0.2, 0.25) is 0 Å². The van der Waals surface area contributed by atoms with Gasteiger partial charge in [0.2, 0.25) is 0 Å². The molecule has 3 heteroatoms. The fourth-order valence-electron chi connectivity index (χ4n) is 0.881. The van der Waals surface area contributed by atoms with Crippen LogP contribution in [0, 0.1) is 12.3 Å². The molecular weight excluding hydrogens is 141 g/mol. The van der Waals surface area contributed by atoms with E-state index in [0.717, 1.165) is 0 Å². The standard InChI is InChI=1S/C7H12F3/c1-3-4-6(2)5-7(8,9)10/h3,6H,4-5H2,1-2H3. The van der Waals surface area contributed by atoms with Crippen LogP contribution < -0.4 is 0 Å². The minimum Gasteiger partial charge on any atom is -0.171 e. The Labute approximate surface area is 59.4 Å². The average Bonchev–Trinajstić information content (AvgIpc) is 1.59. The molecule has 0 saturated heterocycles. The lowest BCUT2D eigenvalue weighted by atomic mass is 10.0. The normalized spacial score (nSPS) is 15.3. The molecule has 0 amide bonds. The first kappa shape index (κ1) is 9.79. The summed E-state index contributed by atoms with van der Waals surface area (Å²) in [5.74, 6) is -0.273. The third-order valence-corrected chi connectivity index (χ3v) is 1.22. The maximum absolute atomic E-state index is 11.6. The van der Waals surface area contributed by atoms with E-state index in [0.29, 0.717) is 6.42 Å². The first-order valence-corrected chi connectivity index (χ1v) is 3.30. The van der Waals surface area contributed by atoms with Gasteiger partial charge < -0.3 is 0 Å². The molecule has 1 unspecified atom stereocenters. The van der Waals surface area contributed by atoms with E-state index >= 15 is 0 Å². The Bertz CT molecular complexity index is 85.3. The van der Waals surface area contributed by atoms with Crippen LogP contribution in [0.15, 0.2) is 0 Å². The van der Waals surface area contributed by atoms with Crippen LogP contribution in [0.4, 0.5) is 13.2 Å². The molecule has 0 spiro atoms. The van der Waals surface area contributed by atoms with Crippen molar-refractivity contribution in [1.29, 1.82) is 0 Å². The fourth-order valence-corrected chi connectivity index (χ4v) is 0.881. The van der Waals surface area contributed by atoms with Gasteiger partial charge in [-0.05, 0) is 18.8 Å². The third kappa shape index (κ3) is 5.92. The predicted octanol–water partition coefficient (Wildman–Crippen LogP) is 3.19. The van der Waals surface area contributed by atoms with Gasteiger partial charge in [-0.1, -0.05) is 13.8 Å². The molecule has 1 radical (unpaired) electrons.